The van der Waals surface area contributed by atoms with Gasteiger partial charge in [0.15, 0.2) is 0 Å². The van der Waals surface area contributed by atoms with Crippen molar-refractivity contribution in [2.45, 2.75) is 13.1 Å². The van der Waals surface area contributed by atoms with Gasteiger partial charge in [-0.25, -0.2) is 4.79 Å². The summed E-state index contributed by atoms with van der Waals surface area (Å²) in [5, 5.41) is 0.852. The molecule has 0 aliphatic carbocycles. The van der Waals surface area contributed by atoms with Crippen LogP contribution in [-0.4, -0.2) is 25.8 Å². The average molecular weight is 463 g/mol. The number of rotatable bonds is 6. The lowest BCUT2D eigenvalue weighted by Crippen LogP contribution is -2.34. The molecule has 0 radical (unpaired) electrons. The van der Waals surface area contributed by atoms with Crippen molar-refractivity contribution in [3.05, 3.63) is 135 Å². The highest BCUT2D eigenvalue weighted by atomic mass is 16.2. The van der Waals surface area contributed by atoms with Crippen molar-refractivity contribution >= 4 is 16.8 Å². The summed E-state index contributed by atoms with van der Waals surface area (Å²) in [6.45, 7) is 0.298. The number of H-pyrrole nitrogens is 2. The molecule has 7 nitrogen and oxygen atoms in total. The minimum Gasteiger partial charge on any atom is -0.330 e. The van der Waals surface area contributed by atoms with Gasteiger partial charge in [0.1, 0.15) is 0 Å². The number of aromatic nitrogens is 3. The molecule has 0 aliphatic rings. The minimum atomic E-state index is -0.590. The third-order valence-electron chi connectivity index (χ3n) is 5.86. The number of nitrogens with zero attached hydrogens (tertiary/aromatic N) is 2. The first kappa shape index (κ1) is 22.0. The number of aromatic amines is 2. The largest absolute Gasteiger partial charge is 0.330 e. The van der Waals surface area contributed by atoms with Crippen molar-refractivity contribution in [3.8, 4) is 11.1 Å². The van der Waals surface area contributed by atoms with Gasteiger partial charge in [-0.1, -0.05) is 60.7 Å². The summed E-state index contributed by atoms with van der Waals surface area (Å²) in [4.78, 5) is 48.3. The maximum atomic E-state index is 13.7. The molecule has 2 N–H and O–H groups in total. The molecule has 5 rings (SSSR count). The number of carbonyl (C=O) groups excluding carboxylic acids is 1. The Bertz CT molecular complexity index is 1620. The van der Waals surface area contributed by atoms with E-state index in [-0.39, 0.29) is 24.6 Å². The van der Waals surface area contributed by atoms with E-state index in [1.54, 1.807) is 23.2 Å². The van der Waals surface area contributed by atoms with Crippen LogP contribution in [0.3, 0.4) is 0 Å². The van der Waals surface area contributed by atoms with Crippen molar-refractivity contribution in [1.82, 2.24) is 19.9 Å². The molecular formula is C28H22N4O3. The van der Waals surface area contributed by atoms with Gasteiger partial charge in [-0.2, -0.15) is 0 Å². The normalized spacial score (nSPS) is 10.9. The van der Waals surface area contributed by atoms with Crippen LogP contribution in [0, 0.1) is 0 Å². The van der Waals surface area contributed by atoms with Crippen molar-refractivity contribution in [3.63, 3.8) is 0 Å². The number of pyridine rings is 1. The third-order valence-corrected chi connectivity index (χ3v) is 5.86. The van der Waals surface area contributed by atoms with Crippen LogP contribution >= 0.6 is 0 Å². The molecule has 2 aromatic heterocycles. The van der Waals surface area contributed by atoms with E-state index in [0.717, 1.165) is 27.6 Å². The van der Waals surface area contributed by atoms with Crippen molar-refractivity contribution < 1.29 is 4.79 Å². The molecule has 0 atom stereocenters. The molecular weight excluding hydrogens is 440 g/mol. The van der Waals surface area contributed by atoms with E-state index in [0.29, 0.717) is 5.56 Å². The Balaban J connectivity index is 1.55. The fourth-order valence-electron chi connectivity index (χ4n) is 4.11. The first-order valence-corrected chi connectivity index (χ1v) is 11.2. The van der Waals surface area contributed by atoms with Crippen LogP contribution in [0.4, 0.5) is 0 Å². The van der Waals surface area contributed by atoms with Crippen LogP contribution in [0.2, 0.25) is 0 Å². The van der Waals surface area contributed by atoms with E-state index in [2.05, 4.69) is 15.0 Å². The Morgan fingerprint density at radius 3 is 2.43 bits per heavy atom. The second-order valence-corrected chi connectivity index (χ2v) is 8.19. The fraction of sp³-hybridized carbons (Fsp3) is 0.0714. The highest BCUT2D eigenvalue weighted by Gasteiger charge is 2.20. The van der Waals surface area contributed by atoms with Gasteiger partial charge in [0.25, 0.3) is 11.5 Å². The van der Waals surface area contributed by atoms with Crippen LogP contribution in [0.25, 0.3) is 22.0 Å². The van der Waals surface area contributed by atoms with Crippen LogP contribution in [0.1, 0.15) is 21.5 Å². The number of nitrogens with one attached hydrogen (secondary N) is 2. The van der Waals surface area contributed by atoms with Gasteiger partial charge >= 0.3 is 5.69 Å². The zero-order valence-electron chi connectivity index (χ0n) is 18.8. The van der Waals surface area contributed by atoms with Crippen molar-refractivity contribution in [2.24, 2.45) is 0 Å². The number of amides is 1. The Hall–Kier alpha value is -4.78. The summed E-state index contributed by atoms with van der Waals surface area (Å²) in [5.74, 6) is -0.232. The van der Waals surface area contributed by atoms with Crippen LogP contribution < -0.4 is 11.2 Å². The molecule has 0 saturated carbocycles. The highest BCUT2D eigenvalue weighted by molar-refractivity contribution is 5.98. The molecule has 35 heavy (non-hydrogen) atoms. The number of carbonyl (C=O) groups is 1. The van der Waals surface area contributed by atoms with E-state index >= 15 is 0 Å². The molecule has 0 unspecified atom stereocenters. The van der Waals surface area contributed by atoms with Gasteiger partial charge in [-0.15, -0.1) is 0 Å². The number of fused-ring (bicyclic) bond motifs is 1. The van der Waals surface area contributed by atoms with Crippen molar-refractivity contribution in [1.29, 1.82) is 0 Å². The number of benzene rings is 3. The summed E-state index contributed by atoms with van der Waals surface area (Å²) in [6, 6.07) is 26.9. The topological polar surface area (TPSA) is 98.9 Å². The summed E-state index contributed by atoms with van der Waals surface area (Å²) in [6.07, 6.45) is 3.06. The monoisotopic (exact) mass is 462 g/mol. The second kappa shape index (κ2) is 9.61. The Morgan fingerprint density at radius 2 is 1.60 bits per heavy atom. The molecule has 7 heteroatoms. The van der Waals surface area contributed by atoms with Gasteiger partial charge in [-0.05, 0) is 41.0 Å². The molecule has 0 fully saturated rings. The van der Waals surface area contributed by atoms with Crippen molar-refractivity contribution in [2.75, 3.05) is 0 Å². The van der Waals surface area contributed by atoms with E-state index < -0.39 is 11.2 Å². The SMILES string of the molecule is O=C(c1ccc2ncccc2c1)N(Cc1ccccc1-c1ccccc1)Cc1c[nH]c(=O)[nH]c1=O. The predicted molar refractivity (Wildman–Crippen MR) is 135 cm³/mol. The first-order valence-electron chi connectivity index (χ1n) is 11.2. The zero-order valence-corrected chi connectivity index (χ0v) is 18.8. The van der Waals surface area contributed by atoms with Gasteiger partial charge in [0.05, 0.1) is 17.6 Å². The zero-order chi connectivity index (χ0) is 24.2. The van der Waals surface area contributed by atoms with Gasteiger partial charge < -0.3 is 9.88 Å². The van der Waals surface area contributed by atoms with E-state index in [1.165, 1.54) is 6.20 Å². The predicted octanol–water partition coefficient (Wildman–Crippen LogP) is 4.12. The quantitative estimate of drug-likeness (QED) is 0.397. The second-order valence-electron chi connectivity index (χ2n) is 8.19. The third kappa shape index (κ3) is 4.79. The summed E-state index contributed by atoms with van der Waals surface area (Å²) < 4.78 is 0. The van der Waals surface area contributed by atoms with E-state index in [9.17, 15) is 14.4 Å². The van der Waals surface area contributed by atoms with Crippen LogP contribution in [0.15, 0.2) is 107 Å². The molecule has 3 aromatic carbocycles. The molecule has 0 aliphatic heterocycles. The molecule has 5 aromatic rings. The van der Waals surface area contributed by atoms with E-state index in [4.69, 9.17) is 0 Å². The highest BCUT2D eigenvalue weighted by Crippen LogP contribution is 2.26. The molecule has 2 heterocycles. The van der Waals surface area contributed by atoms with E-state index in [1.807, 2.05) is 72.8 Å². The number of hydrogen-bond donors (Lipinski definition) is 2. The smallest absolute Gasteiger partial charge is 0.325 e. The Morgan fingerprint density at radius 1 is 0.829 bits per heavy atom. The lowest BCUT2D eigenvalue weighted by molar-refractivity contribution is 0.0729. The molecule has 172 valence electrons. The molecule has 0 saturated heterocycles. The van der Waals surface area contributed by atoms with Gasteiger partial charge in [0.2, 0.25) is 0 Å². The van der Waals surface area contributed by atoms with Gasteiger partial charge in [-0.3, -0.25) is 19.6 Å². The summed E-state index contributed by atoms with van der Waals surface area (Å²) >= 11 is 0. The fourth-order valence-corrected chi connectivity index (χ4v) is 4.11. The standard InChI is InChI=1S/C28H22N4O3/c33-26-23(16-30-28(35)31-26)18-32(27(34)21-12-13-25-20(15-21)10-6-14-29-25)17-22-9-4-5-11-24(22)19-7-2-1-3-8-19/h1-16H,17-18H2,(H2,30,31,33,35). The minimum absolute atomic E-state index is 0.0269. The first-order chi connectivity index (χ1) is 17.1. The molecule has 0 spiro atoms. The average Bonchev–Trinajstić information content (AvgIpc) is 2.90. The Labute approximate surface area is 200 Å². The summed E-state index contributed by atoms with van der Waals surface area (Å²) in [5.41, 5.74) is 3.44. The maximum Gasteiger partial charge on any atom is 0.325 e. The molecule has 0 bridgehead atoms. The lowest BCUT2D eigenvalue weighted by atomic mass is 9.99. The van der Waals surface area contributed by atoms with Gasteiger partial charge in [0, 0.05) is 29.9 Å². The van der Waals surface area contributed by atoms with Crippen LogP contribution in [-0.2, 0) is 13.1 Å². The van der Waals surface area contributed by atoms with Crippen LogP contribution in [0.5, 0.6) is 0 Å². The summed E-state index contributed by atoms with van der Waals surface area (Å²) in [7, 11) is 0. The Kier molecular flexibility index (Phi) is 6.05. The maximum absolute atomic E-state index is 13.7. The lowest BCUT2D eigenvalue weighted by Gasteiger charge is -2.24. The number of hydrogen-bond acceptors (Lipinski definition) is 4. The molecule has 1 amide bonds.